The number of thioether (sulfide) groups is 1. The maximum Gasteiger partial charge on any atom is 0.322 e. The number of terminal acetylenes is 1. The highest BCUT2D eigenvalue weighted by Crippen LogP contribution is 1.94. The average molecular weight is 273 g/mol. The lowest BCUT2D eigenvalue weighted by Gasteiger charge is -2.06. The maximum atomic E-state index is 11.2. The Hall–Kier alpha value is -1.88. The molecule has 0 aromatic rings. The van der Waals surface area contributed by atoms with Crippen molar-refractivity contribution in [1.82, 2.24) is 16.0 Å². The summed E-state index contributed by atoms with van der Waals surface area (Å²) in [6.45, 7) is -0.295. The molecule has 0 aliphatic carbocycles. The molecule has 0 saturated carbocycles. The Bertz CT molecular complexity index is 341. The van der Waals surface area contributed by atoms with Gasteiger partial charge in [0.25, 0.3) is 0 Å². The number of carbonyl (C=O) groups is 3. The van der Waals surface area contributed by atoms with Crippen LogP contribution in [-0.2, 0) is 9.59 Å². The Morgan fingerprint density at radius 2 is 1.89 bits per heavy atom. The molecule has 0 radical (unpaired) electrons. The van der Waals surface area contributed by atoms with Gasteiger partial charge in [-0.25, -0.2) is 4.79 Å². The van der Waals surface area contributed by atoms with Crippen molar-refractivity contribution in [3.63, 3.8) is 0 Å². The predicted octanol–water partition coefficient (Wildman–Crippen LogP) is -1.15. The number of carboxylic acids is 1. The lowest BCUT2D eigenvalue weighted by atomic mass is 10.5. The van der Waals surface area contributed by atoms with Crippen LogP contribution < -0.4 is 16.0 Å². The van der Waals surface area contributed by atoms with E-state index >= 15 is 0 Å². The number of amides is 3. The molecule has 0 aliphatic rings. The number of hydrogen-bond acceptors (Lipinski definition) is 4. The van der Waals surface area contributed by atoms with Crippen LogP contribution in [0.3, 0.4) is 0 Å². The summed E-state index contributed by atoms with van der Waals surface area (Å²) >= 11 is 1.51. The molecule has 8 heteroatoms. The summed E-state index contributed by atoms with van der Waals surface area (Å²) in [5, 5.41) is 15.2. The second kappa shape index (κ2) is 10.3. The summed E-state index contributed by atoms with van der Waals surface area (Å²) in [5.41, 5.74) is 0. The zero-order valence-corrected chi connectivity index (χ0v) is 10.5. The van der Waals surface area contributed by atoms with E-state index in [2.05, 4.69) is 21.9 Å². The van der Waals surface area contributed by atoms with E-state index in [4.69, 9.17) is 11.5 Å². The quantitative estimate of drug-likeness (QED) is 0.330. The number of carboxylic acid groups (broad SMARTS) is 1. The predicted molar refractivity (Wildman–Crippen MR) is 68.2 cm³/mol. The third-order valence-electron chi connectivity index (χ3n) is 1.56. The molecule has 0 bridgehead atoms. The molecule has 0 heterocycles. The van der Waals surface area contributed by atoms with E-state index in [0.717, 1.165) is 0 Å². The van der Waals surface area contributed by atoms with Crippen LogP contribution in [0.25, 0.3) is 0 Å². The van der Waals surface area contributed by atoms with Gasteiger partial charge in [-0.3, -0.25) is 9.59 Å². The Balaban J connectivity index is 3.49. The topological polar surface area (TPSA) is 108 Å². The first kappa shape index (κ1) is 16.1. The molecule has 4 N–H and O–H groups in total. The van der Waals surface area contributed by atoms with E-state index < -0.39 is 24.5 Å². The number of rotatable bonds is 8. The van der Waals surface area contributed by atoms with Gasteiger partial charge >= 0.3 is 12.0 Å². The van der Waals surface area contributed by atoms with E-state index in [9.17, 15) is 14.4 Å². The number of hydrogen-bond donors (Lipinski definition) is 4. The Labute approximate surface area is 109 Å². The fourth-order valence-corrected chi connectivity index (χ4v) is 1.34. The van der Waals surface area contributed by atoms with Crippen molar-refractivity contribution in [2.24, 2.45) is 0 Å². The van der Waals surface area contributed by atoms with Crippen LogP contribution in [0.5, 0.6) is 0 Å². The van der Waals surface area contributed by atoms with E-state index in [-0.39, 0.29) is 6.54 Å². The number of carbonyl (C=O) groups excluding carboxylic acids is 2. The van der Waals surface area contributed by atoms with Crippen molar-refractivity contribution in [1.29, 1.82) is 0 Å². The van der Waals surface area contributed by atoms with Gasteiger partial charge in [-0.05, 0) is 0 Å². The summed E-state index contributed by atoms with van der Waals surface area (Å²) in [6.07, 6.45) is 5.04. The molecular weight excluding hydrogens is 258 g/mol. The lowest BCUT2D eigenvalue weighted by molar-refractivity contribution is -0.137. The third-order valence-corrected chi connectivity index (χ3v) is 2.43. The highest BCUT2D eigenvalue weighted by molar-refractivity contribution is 7.99. The van der Waals surface area contributed by atoms with Gasteiger partial charge in [0.05, 0.1) is 12.3 Å². The minimum absolute atomic E-state index is 0.267. The molecule has 0 aromatic heterocycles. The SMILES string of the molecule is C#CCSCCNC(=O)NCC(=O)NCC(=O)O. The summed E-state index contributed by atoms with van der Waals surface area (Å²) in [7, 11) is 0. The summed E-state index contributed by atoms with van der Waals surface area (Å²) in [6, 6.07) is -0.484. The zero-order chi connectivity index (χ0) is 13.8. The highest BCUT2D eigenvalue weighted by atomic mass is 32.2. The molecule has 0 atom stereocenters. The minimum Gasteiger partial charge on any atom is -0.480 e. The molecule has 18 heavy (non-hydrogen) atoms. The zero-order valence-electron chi connectivity index (χ0n) is 9.69. The standard InChI is InChI=1S/C10H15N3O4S/c1-2-4-18-5-3-11-10(17)13-6-8(14)12-7-9(15)16/h1H,3-7H2,(H,12,14)(H,15,16)(H2,11,13,17). The van der Waals surface area contributed by atoms with Crippen molar-refractivity contribution < 1.29 is 19.5 Å². The monoisotopic (exact) mass is 273 g/mol. The molecule has 3 amide bonds. The van der Waals surface area contributed by atoms with E-state index in [1.165, 1.54) is 11.8 Å². The molecule has 0 fully saturated rings. The van der Waals surface area contributed by atoms with Gasteiger partial charge in [-0.15, -0.1) is 18.2 Å². The highest BCUT2D eigenvalue weighted by Gasteiger charge is 2.05. The van der Waals surface area contributed by atoms with Crippen molar-refractivity contribution in [3.8, 4) is 12.3 Å². The Kier molecular flexibility index (Phi) is 9.21. The first-order chi connectivity index (χ1) is 8.56. The molecular formula is C10H15N3O4S. The first-order valence-electron chi connectivity index (χ1n) is 5.07. The van der Waals surface area contributed by atoms with Crippen LogP contribution in [0.15, 0.2) is 0 Å². The summed E-state index contributed by atoms with van der Waals surface area (Å²) in [5.74, 6) is 2.02. The second-order valence-corrected chi connectivity index (χ2v) is 4.14. The van der Waals surface area contributed by atoms with Crippen LogP contribution >= 0.6 is 11.8 Å². The minimum atomic E-state index is -1.14. The summed E-state index contributed by atoms with van der Waals surface area (Å²) in [4.78, 5) is 32.3. The van der Waals surface area contributed by atoms with E-state index in [1.807, 2.05) is 0 Å². The number of urea groups is 1. The van der Waals surface area contributed by atoms with E-state index in [1.54, 1.807) is 0 Å². The molecule has 0 unspecified atom stereocenters. The fraction of sp³-hybridized carbons (Fsp3) is 0.500. The Morgan fingerprint density at radius 1 is 1.17 bits per heavy atom. The van der Waals surface area contributed by atoms with Gasteiger partial charge in [0.2, 0.25) is 5.91 Å². The molecule has 0 spiro atoms. The fourth-order valence-electron chi connectivity index (χ4n) is 0.828. The maximum absolute atomic E-state index is 11.2. The second-order valence-electron chi connectivity index (χ2n) is 3.04. The van der Waals surface area contributed by atoms with Crippen LogP contribution in [0, 0.1) is 12.3 Å². The van der Waals surface area contributed by atoms with Gasteiger partial charge in [-0.2, -0.15) is 0 Å². The normalized spacial score (nSPS) is 9.06. The van der Waals surface area contributed by atoms with Gasteiger partial charge in [0.15, 0.2) is 0 Å². The van der Waals surface area contributed by atoms with Gasteiger partial charge in [0, 0.05) is 12.3 Å². The Morgan fingerprint density at radius 3 is 2.50 bits per heavy atom. The van der Waals surface area contributed by atoms with Crippen LogP contribution in [-0.4, -0.2) is 54.2 Å². The van der Waals surface area contributed by atoms with Crippen LogP contribution in [0.2, 0.25) is 0 Å². The third kappa shape index (κ3) is 10.6. The lowest BCUT2D eigenvalue weighted by Crippen LogP contribution is -2.43. The van der Waals surface area contributed by atoms with Crippen molar-refractivity contribution in [2.45, 2.75) is 0 Å². The van der Waals surface area contributed by atoms with Crippen molar-refractivity contribution in [3.05, 3.63) is 0 Å². The molecule has 0 saturated heterocycles. The average Bonchev–Trinajstić information content (AvgIpc) is 2.33. The van der Waals surface area contributed by atoms with E-state index in [0.29, 0.717) is 18.1 Å². The van der Waals surface area contributed by atoms with Crippen LogP contribution in [0.1, 0.15) is 0 Å². The molecule has 0 aliphatic heterocycles. The first-order valence-corrected chi connectivity index (χ1v) is 6.23. The molecule has 0 aromatic carbocycles. The number of nitrogens with one attached hydrogen (secondary N) is 3. The van der Waals surface area contributed by atoms with Crippen molar-refractivity contribution in [2.75, 3.05) is 31.1 Å². The molecule has 0 rings (SSSR count). The summed E-state index contributed by atoms with van der Waals surface area (Å²) < 4.78 is 0. The van der Waals surface area contributed by atoms with Gasteiger partial charge < -0.3 is 21.1 Å². The largest absolute Gasteiger partial charge is 0.480 e. The molecule has 100 valence electrons. The van der Waals surface area contributed by atoms with Gasteiger partial charge in [-0.1, -0.05) is 5.92 Å². The van der Waals surface area contributed by atoms with Gasteiger partial charge in [0.1, 0.15) is 6.54 Å². The van der Waals surface area contributed by atoms with Crippen molar-refractivity contribution >= 4 is 29.7 Å². The molecule has 7 nitrogen and oxygen atoms in total. The van der Waals surface area contributed by atoms with Crippen LogP contribution in [0.4, 0.5) is 4.79 Å². The number of aliphatic carboxylic acids is 1. The smallest absolute Gasteiger partial charge is 0.322 e.